The van der Waals surface area contributed by atoms with Crippen molar-refractivity contribution in [1.29, 1.82) is 0 Å². The molecule has 0 aliphatic heterocycles. The third-order valence-corrected chi connectivity index (χ3v) is 7.14. The van der Waals surface area contributed by atoms with Gasteiger partial charge in [-0.15, -0.1) is 0 Å². The molecule has 9 nitrogen and oxygen atoms in total. The highest BCUT2D eigenvalue weighted by Crippen LogP contribution is 2.39. The number of methoxy groups -OCH3 is 2. The van der Waals surface area contributed by atoms with Crippen LogP contribution < -0.4 is 19.8 Å². The smallest absolute Gasteiger partial charge is 0.335 e. The van der Waals surface area contributed by atoms with Crippen LogP contribution >= 0.6 is 0 Å². The molecule has 1 N–H and O–H groups in total. The van der Waals surface area contributed by atoms with Crippen molar-refractivity contribution in [1.82, 2.24) is 9.66 Å². The molecule has 1 heterocycles. The number of hydrogen-bond acceptors (Lipinski definition) is 7. The van der Waals surface area contributed by atoms with E-state index >= 15 is 0 Å². The molecule has 5 rings (SSSR count). The fourth-order valence-electron chi connectivity index (χ4n) is 5.02. The van der Waals surface area contributed by atoms with Crippen LogP contribution in [0.3, 0.4) is 0 Å². The molecule has 40 heavy (non-hydrogen) atoms. The summed E-state index contributed by atoms with van der Waals surface area (Å²) < 4.78 is 18.6. The van der Waals surface area contributed by atoms with E-state index in [9.17, 15) is 9.59 Å². The molecule has 0 spiro atoms. The van der Waals surface area contributed by atoms with E-state index in [-0.39, 0.29) is 23.6 Å². The Bertz CT molecular complexity index is 1580. The van der Waals surface area contributed by atoms with Crippen molar-refractivity contribution in [3.8, 4) is 17.2 Å². The Hall–Kier alpha value is -4.66. The second kappa shape index (κ2) is 12.0. The Kier molecular flexibility index (Phi) is 8.10. The van der Waals surface area contributed by atoms with Crippen molar-refractivity contribution in [2.45, 2.75) is 44.6 Å². The summed E-state index contributed by atoms with van der Waals surface area (Å²) in [6.45, 7) is 0.183. The Labute approximate surface area is 231 Å². The number of para-hydroxylation sites is 1. The average molecular weight is 542 g/mol. The van der Waals surface area contributed by atoms with E-state index in [1.807, 2.05) is 18.2 Å². The lowest BCUT2D eigenvalue weighted by Gasteiger charge is -2.22. The largest absolute Gasteiger partial charge is 0.493 e. The van der Waals surface area contributed by atoms with Crippen molar-refractivity contribution in [3.05, 3.63) is 93.5 Å². The number of carboxylic acids is 1. The summed E-state index contributed by atoms with van der Waals surface area (Å²) in [6.07, 6.45) is 6.97. The molecule has 0 bridgehead atoms. The van der Waals surface area contributed by atoms with Crippen LogP contribution in [0.4, 0.5) is 0 Å². The number of carbonyl (C=O) groups is 1. The van der Waals surface area contributed by atoms with Gasteiger partial charge in [0.1, 0.15) is 12.4 Å². The summed E-state index contributed by atoms with van der Waals surface area (Å²) in [4.78, 5) is 29.5. The number of aromatic carboxylic acids is 1. The molecular weight excluding hydrogens is 510 g/mol. The van der Waals surface area contributed by atoms with E-state index in [4.69, 9.17) is 24.3 Å². The fraction of sp³-hybridized carbons (Fsp3) is 0.290. The van der Waals surface area contributed by atoms with Crippen LogP contribution in [0.1, 0.15) is 65.3 Å². The van der Waals surface area contributed by atoms with Gasteiger partial charge < -0.3 is 19.3 Å². The molecule has 1 aromatic heterocycles. The van der Waals surface area contributed by atoms with Gasteiger partial charge in [0.25, 0.3) is 5.56 Å². The van der Waals surface area contributed by atoms with Gasteiger partial charge in [0.05, 0.1) is 36.9 Å². The molecule has 206 valence electrons. The number of ether oxygens (including phenoxy) is 3. The second-order valence-electron chi connectivity index (χ2n) is 9.73. The van der Waals surface area contributed by atoms with E-state index in [0.717, 1.165) is 31.2 Å². The summed E-state index contributed by atoms with van der Waals surface area (Å²) in [6, 6.07) is 17.3. The van der Waals surface area contributed by atoms with Crippen molar-refractivity contribution < 1.29 is 24.1 Å². The standard InChI is InChI=1S/C31H31N3O6/c1-38-26-16-21(17-27(39-2)28(26)40-19-20-12-14-23(15-13-20)31(36)37)18-32-34-29(22-8-4-3-5-9-22)33-25-11-7-6-10-24(25)30(34)35/h6-7,10-18,22H,3-5,8-9,19H2,1-2H3,(H,36,37). The first kappa shape index (κ1) is 26.9. The molecule has 0 unspecified atom stereocenters. The van der Waals surface area contributed by atoms with Gasteiger partial charge >= 0.3 is 5.97 Å². The highest BCUT2D eigenvalue weighted by atomic mass is 16.5. The van der Waals surface area contributed by atoms with Crippen molar-refractivity contribution in [2.75, 3.05) is 14.2 Å². The summed E-state index contributed by atoms with van der Waals surface area (Å²) in [5.41, 5.74) is 2.13. The van der Waals surface area contributed by atoms with E-state index in [0.29, 0.717) is 39.5 Å². The zero-order valence-electron chi connectivity index (χ0n) is 22.5. The molecule has 0 amide bonds. The zero-order chi connectivity index (χ0) is 28.1. The second-order valence-corrected chi connectivity index (χ2v) is 9.73. The molecule has 1 aliphatic rings. The van der Waals surface area contributed by atoms with Gasteiger partial charge in [-0.05, 0) is 54.8 Å². The Morgan fingerprint density at radius 2 is 1.70 bits per heavy atom. The lowest BCUT2D eigenvalue weighted by molar-refractivity contribution is 0.0697. The lowest BCUT2D eigenvalue weighted by Crippen LogP contribution is -2.25. The summed E-state index contributed by atoms with van der Waals surface area (Å²) in [5, 5.41) is 14.2. The summed E-state index contributed by atoms with van der Waals surface area (Å²) in [5.74, 6) is 1.14. The minimum absolute atomic E-state index is 0.174. The lowest BCUT2D eigenvalue weighted by atomic mass is 9.88. The molecule has 0 atom stereocenters. The number of rotatable bonds is 9. The Balaban J connectivity index is 1.47. The van der Waals surface area contributed by atoms with Crippen LogP contribution in [0.2, 0.25) is 0 Å². The quantitative estimate of drug-likeness (QED) is 0.274. The molecule has 1 saturated carbocycles. The third-order valence-electron chi connectivity index (χ3n) is 7.14. The van der Waals surface area contributed by atoms with Crippen molar-refractivity contribution >= 4 is 23.1 Å². The van der Waals surface area contributed by atoms with Gasteiger partial charge in [0.2, 0.25) is 5.75 Å². The summed E-state index contributed by atoms with van der Waals surface area (Å²) >= 11 is 0. The van der Waals surface area contributed by atoms with Gasteiger partial charge in [-0.2, -0.15) is 9.78 Å². The average Bonchev–Trinajstić information content (AvgIpc) is 2.99. The number of fused-ring (bicyclic) bond motifs is 1. The predicted molar refractivity (Wildman–Crippen MR) is 152 cm³/mol. The zero-order valence-corrected chi connectivity index (χ0v) is 22.5. The molecule has 3 aromatic carbocycles. The maximum absolute atomic E-state index is 13.5. The minimum atomic E-state index is -0.986. The van der Waals surface area contributed by atoms with Crippen LogP contribution in [0.5, 0.6) is 17.2 Å². The first-order chi connectivity index (χ1) is 19.5. The van der Waals surface area contributed by atoms with Gasteiger partial charge in [-0.1, -0.05) is 43.5 Å². The molecule has 1 fully saturated rings. The number of nitrogens with zero attached hydrogens (tertiary/aromatic N) is 3. The SMILES string of the molecule is COc1cc(C=Nn2c(C3CCCCC3)nc3ccccc3c2=O)cc(OC)c1OCc1ccc(C(=O)O)cc1. The normalized spacial score (nSPS) is 13.9. The molecule has 9 heteroatoms. The third kappa shape index (κ3) is 5.68. The van der Waals surface area contributed by atoms with Crippen LogP contribution in [0.25, 0.3) is 10.9 Å². The van der Waals surface area contributed by atoms with E-state index < -0.39 is 5.97 Å². The topological polar surface area (TPSA) is 112 Å². The molecular formula is C31H31N3O6. The van der Waals surface area contributed by atoms with E-state index in [1.165, 1.54) is 37.4 Å². The molecule has 1 aliphatic carbocycles. The minimum Gasteiger partial charge on any atom is -0.493 e. The number of hydrogen-bond donors (Lipinski definition) is 1. The maximum atomic E-state index is 13.5. The highest BCUT2D eigenvalue weighted by Gasteiger charge is 2.22. The van der Waals surface area contributed by atoms with Gasteiger partial charge in [-0.25, -0.2) is 9.78 Å². The number of carboxylic acid groups (broad SMARTS) is 1. The van der Waals surface area contributed by atoms with Gasteiger partial charge in [0.15, 0.2) is 11.5 Å². The Morgan fingerprint density at radius 3 is 2.35 bits per heavy atom. The van der Waals surface area contributed by atoms with Gasteiger partial charge in [0, 0.05) is 11.5 Å². The fourth-order valence-corrected chi connectivity index (χ4v) is 5.02. The number of benzene rings is 3. The highest BCUT2D eigenvalue weighted by molar-refractivity contribution is 5.87. The van der Waals surface area contributed by atoms with Crippen molar-refractivity contribution in [3.63, 3.8) is 0 Å². The first-order valence-corrected chi connectivity index (χ1v) is 13.3. The summed E-state index contributed by atoms with van der Waals surface area (Å²) in [7, 11) is 3.06. The predicted octanol–water partition coefficient (Wildman–Crippen LogP) is 5.62. The number of aromatic nitrogens is 2. The monoisotopic (exact) mass is 541 g/mol. The van der Waals surface area contributed by atoms with Crippen LogP contribution in [0.15, 0.2) is 70.6 Å². The van der Waals surface area contributed by atoms with Crippen LogP contribution in [-0.2, 0) is 6.61 Å². The molecule has 0 radical (unpaired) electrons. The van der Waals surface area contributed by atoms with E-state index in [1.54, 1.807) is 36.5 Å². The van der Waals surface area contributed by atoms with Crippen LogP contribution in [-0.4, -0.2) is 41.2 Å². The van der Waals surface area contributed by atoms with Crippen LogP contribution in [0, 0.1) is 0 Å². The van der Waals surface area contributed by atoms with Crippen molar-refractivity contribution in [2.24, 2.45) is 5.10 Å². The Morgan fingerprint density at radius 1 is 1.02 bits per heavy atom. The maximum Gasteiger partial charge on any atom is 0.335 e. The first-order valence-electron chi connectivity index (χ1n) is 13.3. The van der Waals surface area contributed by atoms with Gasteiger partial charge in [-0.3, -0.25) is 4.79 Å². The molecule has 4 aromatic rings. The molecule has 0 saturated heterocycles. The van der Waals surface area contributed by atoms with E-state index in [2.05, 4.69) is 5.10 Å².